The van der Waals surface area contributed by atoms with Crippen molar-refractivity contribution in [2.75, 3.05) is 10.2 Å². The number of aromatic hydroxyl groups is 1. The molecule has 1 atom stereocenters. The summed E-state index contributed by atoms with van der Waals surface area (Å²) >= 11 is 0. The SMILES string of the molecule is CC1Nc2ccncc2N1c1ccc(O)cc1. The monoisotopic (exact) mass is 227 g/mol. The van der Waals surface area contributed by atoms with Gasteiger partial charge in [-0.2, -0.15) is 0 Å². The molecule has 1 aliphatic heterocycles. The summed E-state index contributed by atoms with van der Waals surface area (Å²) in [7, 11) is 0. The van der Waals surface area contributed by atoms with Gasteiger partial charge in [0, 0.05) is 11.9 Å². The summed E-state index contributed by atoms with van der Waals surface area (Å²) in [6.07, 6.45) is 3.80. The van der Waals surface area contributed by atoms with Gasteiger partial charge in [0.25, 0.3) is 0 Å². The number of aromatic nitrogens is 1. The molecule has 1 aliphatic rings. The highest BCUT2D eigenvalue weighted by Crippen LogP contribution is 2.39. The zero-order chi connectivity index (χ0) is 11.8. The van der Waals surface area contributed by atoms with Gasteiger partial charge in [0.15, 0.2) is 0 Å². The largest absolute Gasteiger partial charge is 0.508 e. The van der Waals surface area contributed by atoms with Gasteiger partial charge < -0.3 is 15.3 Å². The number of pyridine rings is 1. The molecule has 0 fully saturated rings. The predicted octanol–water partition coefficient (Wildman–Crippen LogP) is 2.70. The third-order valence-corrected chi connectivity index (χ3v) is 2.94. The van der Waals surface area contributed by atoms with E-state index in [0.717, 1.165) is 17.1 Å². The van der Waals surface area contributed by atoms with Crippen LogP contribution in [0.2, 0.25) is 0 Å². The first-order chi connectivity index (χ1) is 8.25. The van der Waals surface area contributed by atoms with Crippen LogP contribution in [0.15, 0.2) is 42.7 Å². The lowest BCUT2D eigenvalue weighted by Crippen LogP contribution is -2.28. The third kappa shape index (κ3) is 1.58. The Morgan fingerprint density at radius 2 is 2.00 bits per heavy atom. The van der Waals surface area contributed by atoms with Crippen molar-refractivity contribution in [3.8, 4) is 5.75 Å². The Labute approximate surface area is 99.5 Å². The summed E-state index contributed by atoms with van der Waals surface area (Å²) < 4.78 is 0. The van der Waals surface area contributed by atoms with Crippen molar-refractivity contribution in [3.05, 3.63) is 42.7 Å². The second-order valence-electron chi connectivity index (χ2n) is 4.10. The van der Waals surface area contributed by atoms with Crippen LogP contribution in [-0.2, 0) is 0 Å². The second-order valence-corrected chi connectivity index (χ2v) is 4.10. The fourth-order valence-corrected chi connectivity index (χ4v) is 2.17. The second kappa shape index (κ2) is 3.66. The molecule has 86 valence electrons. The Hall–Kier alpha value is -2.23. The molecule has 4 heteroatoms. The Bertz CT molecular complexity index is 539. The third-order valence-electron chi connectivity index (χ3n) is 2.94. The van der Waals surface area contributed by atoms with Crippen molar-refractivity contribution in [2.24, 2.45) is 0 Å². The lowest BCUT2D eigenvalue weighted by atomic mass is 10.2. The number of phenolic OH excluding ortho intramolecular Hbond substituents is 1. The Morgan fingerprint density at radius 1 is 1.24 bits per heavy atom. The van der Waals surface area contributed by atoms with E-state index in [-0.39, 0.29) is 11.9 Å². The molecule has 0 aliphatic carbocycles. The van der Waals surface area contributed by atoms with Gasteiger partial charge in [-0.15, -0.1) is 0 Å². The van der Waals surface area contributed by atoms with E-state index >= 15 is 0 Å². The van der Waals surface area contributed by atoms with Gasteiger partial charge in [0.1, 0.15) is 11.9 Å². The highest BCUT2D eigenvalue weighted by atomic mass is 16.3. The molecule has 0 bridgehead atoms. The average molecular weight is 227 g/mol. The molecule has 3 rings (SSSR count). The number of fused-ring (bicyclic) bond motifs is 1. The van der Waals surface area contributed by atoms with E-state index in [9.17, 15) is 5.11 Å². The first-order valence-corrected chi connectivity index (χ1v) is 5.54. The molecule has 0 spiro atoms. The van der Waals surface area contributed by atoms with Crippen LogP contribution in [0, 0.1) is 0 Å². The molecule has 0 radical (unpaired) electrons. The molecule has 0 amide bonds. The van der Waals surface area contributed by atoms with Crippen LogP contribution < -0.4 is 10.2 Å². The predicted molar refractivity (Wildman–Crippen MR) is 67.6 cm³/mol. The Balaban J connectivity index is 2.06. The van der Waals surface area contributed by atoms with Gasteiger partial charge in [-0.05, 0) is 37.3 Å². The summed E-state index contributed by atoms with van der Waals surface area (Å²) in [5.74, 6) is 0.278. The first kappa shape index (κ1) is 9.96. The van der Waals surface area contributed by atoms with Crippen LogP contribution >= 0.6 is 0 Å². The minimum absolute atomic E-state index is 0.179. The van der Waals surface area contributed by atoms with Gasteiger partial charge in [0.05, 0.1) is 17.6 Å². The Morgan fingerprint density at radius 3 is 2.76 bits per heavy atom. The normalized spacial score (nSPS) is 17.7. The molecule has 4 nitrogen and oxygen atoms in total. The lowest BCUT2D eigenvalue weighted by Gasteiger charge is -2.23. The smallest absolute Gasteiger partial charge is 0.115 e. The van der Waals surface area contributed by atoms with Crippen LogP contribution in [0.3, 0.4) is 0 Å². The minimum Gasteiger partial charge on any atom is -0.508 e. The number of hydrogen-bond donors (Lipinski definition) is 2. The number of anilines is 3. The number of nitrogens with one attached hydrogen (secondary N) is 1. The summed E-state index contributed by atoms with van der Waals surface area (Å²) in [5, 5.41) is 12.7. The summed E-state index contributed by atoms with van der Waals surface area (Å²) in [5.41, 5.74) is 3.18. The summed E-state index contributed by atoms with van der Waals surface area (Å²) in [4.78, 5) is 6.31. The quantitative estimate of drug-likeness (QED) is 0.786. The van der Waals surface area contributed by atoms with Gasteiger partial charge in [-0.25, -0.2) is 0 Å². The minimum atomic E-state index is 0.179. The van der Waals surface area contributed by atoms with Crippen LogP contribution in [-0.4, -0.2) is 16.3 Å². The summed E-state index contributed by atoms with van der Waals surface area (Å²) in [6.45, 7) is 2.09. The Kier molecular flexibility index (Phi) is 2.14. The molecule has 2 N–H and O–H groups in total. The average Bonchev–Trinajstić information content (AvgIpc) is 2.66. The van der Waals surface area contributed by atoms with Crippen molar-refractivity contribution in [1.82, 2.24) is 4.98 Å². The zero-order valence-corrected chi connectivity index (χ0v) is 9.46. The maximum absolute atomic E-state index is 9.31. The fraction of sp³-hybridized carbons (Fsp3) is 0.154. The molecule has 2 aromatic rings. The molecule has 1 aromatic carbocycles. The highest BCUT2D eigenvalue weighted by molar-refractivity contribution is 5.81. The molecule has 1 unspecified atom stereocenters. The zero-order valence-electron chi connectivity index (χ0n) is 9.46. The van der Waals surface area contributed by atoms with Crippen molar-refractivity contribution in [2.45, 2.75) is 13.1 Å². The van der Waals surface area contributed by atoms with Crippen molar-refractivity contribution >= 4 is 17.1 Å². The van der Waals surface area contributed by atoms with Crippen molar-refractivity contribution in [3.63, 3.8) is 0 Å². The topological polar surface area (TPSA) is 48.4 Å². The van der Waals surface area contributed by atoms with Gasteiger partial charge in [0.2, 0.25) is 0 Å². The summed E-state index contributed by atoms with van der Waals surface area (Å²) in [6, 6.07) is 9.14. The van der Waals surface area contributed by atoms with E-state index in [1.807, 2.05) is 24.4 Å². The molecule has 0 saturated carbocycles. The fourth-order valence-electron chi connectivity index (χ4n) is 2.17. The van der Waals surface area contributed by atoms with Crippen LogP contribution in [0.4, 0.5) is 17.1 Å². The number of phenols is 1. The van der Waals surface area contributed by atoms with E-state index < -0.39 is 0 Å². The van der Waals surface area contributed by atoms with E-state index in [0.29, 0.717) is 0 Å². The molecular formula is C13H13N3O. The molecule has 1 aromatic heterocycles. The number of benzene rings is 1. The van der Waals surface area contributed by atoms with E-state index in [4.69, 9.17) is 0 Å². The number of nitrogens with zero attached hydrogens (tertiary/aromatic N) is 2. The maximum Gasteiger partial charge on any atom is 0.115 e. The number of rotatable bonds is 1. The van der Waals surface area contributed by atoms with E-state index in [1.54, 1.807) is 18.3 Å². The molecular weight excluding hydrogens is 214 g/mol. The van der Waals surface area contributed by atoms with Gasteiger partial charge in [-0.1, -0.05) is 0 Å². The maximum atomic E-state index is 9.31. The first-order valence-electron chi connectivity index (χ1n) is 5.54. The molecule has 2 heterocycles. The number of hydrogen-bond acceptors (Lipinski definition) is 4. The van der Waals surface area contributed by atoms with Crippen LogP contribution in [0.5, 0.6) is 5.75 Å². The van der Waals surface area contributed by atoms with Crippen LogP contribution in [0.25, 0.3) is 0 Å². The van der Waals surface area contributed by atoms with Crippen LogP contribution in [0.1, 0.15) is 6.92 Å². The van der Waals surface area contributed by atoms with E-state index in [1.165, 1.54) is 0 Å². The molecule has 17 heavy (non-hydrogen) atoms. The molecule has 0 saturated heterocycles. The van der Waals surface area contributed by atoms with E-state index in [2.05, 4.69) is 22.1 Å². The lowest BCUT2D eigenvalue weighted by molar-refractivity contribution is 0.475. The highest BCUT2D eigenvalue weighted by Gasteiger charge is 2.26. The van der Waals surface area contributed by atoms with Gasteiger partial charge in [-0.3, -0.25) is 4.98 Å². The van der Waals surface area contributed by atoms with Crippen molar-refractivity contribution < 1.29 is 5.11 Å². The van der Waals surface area contributed by atoms with Gasteiger partial charge >= 0.3 is 0 Å². The standard InChI is InChI=1S/C13H13N3O/c1-9-15-12-6-7-14-8-13(12)16(9)10-2-4-11(17)5-3-10/h2-9,15,17H,1H3. The van der Waals surface area contributed by atoms with Crippen molar-refractivity contribution in [1.29, 1.82) is 0 Å².